The smallest absolute Gasteiger partial charge is 0.243 e. The highest BCUT2D eigenvalue weighted by Gasteiger charge is 2.34. The predicted molar refractivity (Wildman–Crippen MR) is 87.2 cm³/mol. The standard InChI is InChI=1S/C12H17IN2O2S.ClH/c1-14-9-11-5-3-7-15(11)18(16,17)12-6-2-4-10(13)8-12;/h2,4,6,8,11,14H,3,5,7,9H2,1H3;1H. The van der Waals surface area contributed by atoms with Gasteiger partial charge in [-0.3, -0.25) is 0 Å². The van der Waals surface area contributed by atoms with E-state index < -0.39 is 10.0 Å². The number of benzene rings is 1. The fraction of sp³-hybridized carbons (Fsp3) is 0.500. The molecule has 108 valence electrons. The normalized spacial score (nSPS) is 20.2. The molecule has 2 rings (SSSR count). The first-order chi connectivity index (χ1) is 8.55. The van der Waals surface area contributed by atoms with Crippen molar-refractivity contribution in [2.75, 3.05) is 20.1 Å². The second-order valence-electron chi connectivity index (χ2n) is 4.43. The molecule has 1 fully saturated rings. The van der Waals surface area contributed by atoms with Gasteiger partial charge in [0.05, 0.1) is 4.90 Å². The first kappa shape index (κ1) is 17.2. The maximum atomic E-state index is 12.6. The first-order valence-electron chi connectivity index (χ1n) is 5.97. The van der Waals surface area contributed by atoms with Gasteiger partial charge in [0, 0.05) is 22.7 Å². The van der Waals surface area contributed by atoms with Crippen molar-refractivity contribution >= 4 is 45.0 Å². The second-order valence-corrected chi connectivity index (χ2v) is 7.56. The zero-order chi connectivity index (χ0) is 13.2. The van der Waals surface area contributed by atoms with Gasteiger partial charge < -0.3 is 5.32 Å². The molecule has 0 aliphatic carbocycles. The molecule has 4 nitrogen and oxygen atoms in total. The minimum atomic E-state index is -3.34. The lowest BCUT2D eigenvalue weighted by Crippen LogP contribution is -2.40. The third-order valence-electron chi connectivity index (χ3n) is 3.17. The molecule has 7 heteroatoms. The summed E-state index contributed by atoms with van der Waals surface area (Å²) in [5, 5.41) is 3.07. The predicted octanol–water partition coefficient (Wildman–Crippen LogP) is 2.09. The Morgan fingerprint density at radius 2 is 2.21 bits per heavy atom. The summed E-state index contributed by atoms with van der Waals surface area (Å²) in [6.45, 7) is 1.34. The van der Waals surface area contributed by atoms with Gasteiger partial charge in [0.25, 0.3) is 0 Å². The van der Waals surface area contributed by atoms with Crippen LogP contribution in [-0.2, 0) is 10.0 Å². The highest BCUT2D eigenvalue weighted by molar-refractivity contribution is 14.1. The Kier molecular flexibility index (Phi) is 6.52. The van der Waals surface area contributed by atoms with Crippen molar-refractivity contribution in [3.8, 4) is 0 Å². The summed E-state index contributed by atoms with van der Waals surface area (Å²) in [6, 6.07) is 7.17. The number of rotatable bonds is 4. The zero-order valence-corrected chi connectivity index (χ0v) is 14.5. The van der Waals surface area contributed by atoms with Gasteiger partial charge in [-0.1, -0.05) is 6.07 Å². The monoisotopic (exact) mass is 416 g/mol. The van der Waals surface area contributed by atoms with Crippen LogP contribution in [-0.4, -0.2) is 38.9 Å². The number of nitrogens with zero attached hydrogens (tertiary/aromatic N) is 1. The Labute approximate surface area is 134 Å². The Morgan fingerprint density at radius 1 is 1.47 bits per heavy atom. The van der Waals surface area contributed by atoms with Gasteiger partial charge in [-0.2, -0.15) is 4.31 Å². The first-order valence-corrected chi connectivity index (χ1v) is 8.49. The van der Waals surface area contributed by atoms with Crippen LogP contribution in [0.5, 0.6) is 0 Å². The van der Waals surface area contributed by atoms with E-state index in [4.69, 9.17) is 0 Å². The molecule has 1 aromatic rings. The molecule has 0 amide bonds. The number of likely N-dealkylation sites (N-methyl/N-ethyl adjacent to an activating group) is 1. The van der Waals surface area contributed by atoms with Crippen LogP contribution in [0.3, 0.4) is 0 Å². The van der Waals surface area contributed by atoms with Gasteiger partial charge in [-0.05, 0) is 60.7 Å². The van der Waals surface area contributed by atoms with Crippen molar-refractivity contribution in [3.05, 3.63) is 27.8 Å². The van der Waals surface area contributed by atoms with E-state index in [9.17, 15) is 8.42 Å². The number of sulfonamides is 1. The molecule has 0 radical (unpaired) electrons. The average Bonchev–Trinajstić information content (AvgIpc) is 2.78. The van der Waals surface area contributed by atoms with Gasteiger partial charge in [-0.25, -0.2) is 8.42 Å². The van der Waals surface area contributed by atoms with E-state index in [1.807, 2.05) is 13.1 Å². The zero-order valence-electron chi connectivity index (χ0n) is 10.7. The lowest BCUT2D eigenvalue weighted by Gasteiger charge is -2.23. The summed E-state index contributed by atoms with van der Waals surface area (Å²) < 4.78 is 27.7. The topological polar surface area (TPSA) is 49.4 Å². The summed E-state index contributed by atoms with van der Waals surface area (Å²) in [5.74, 6) is 0. The highest BCUT2D eigenvalue weighted by atomic mass is 127. The van der Waals surface area contributed by atoms with E-state index in [1.54, 1.807) is 22.5 Å². The molecule has 1 aliphatic heterocycles. The van der Waals surface area contributed by atoms with Gasteiger partial charge in [0.2, 0.25) is 10.0 Å². The molecule has 0 spiro atoms. The fourth-order valence-electron chi connectivity index (χ4n) is 2.33. The van der Waals surface area contributed by atoms with Gasteiger partial charge >= 0.3 is 0 Å². The highest BCUT2D eigenvalue weighted by Crippen LogP contribution is 2.26. The summed E-state index contributed by atoms with van der Waals surface area (Å²) in [6.07, 6.45) is 1.87. The van der Waals surface area contributed by atoms with E-state index in [0.717, 1.165) is 16.4 Å². The Hall–Kier alpha value is 0.110. The summed E-state index contributed by atoms with van der Waals surface area (Å²) in [5.41, 5.74) is 0. The molecule has 1 aromatic carbocycles. The van der Waals surface area contributed by atoms with E-state index in [-0.39, 0.29) is 18.4 Å². The number of hydrogen-bond donors (Lipinski definition) is 1. The van der Waals surface area contributed by atoms with Crippen LogP contribution in [0, 0.1) is 3.57 Å². The molecule has 19 heavy (non-hydrogen) atoms. The Morgan fingerprint density at radius 3 is 2.84 bits per heavy atom. The Bertz CT molecular complexity index is 524. The van der Waals surface area contributed by atoms with Crippen LogP contribution in [0.25, 0.3) is 0 Å². The molecule has 1 unspecified atom stereocenters. The van der Waals surface area contributed by atoms with E-state index >= 15 is 0 Å². The van der Waals surface area contributed by atoms with Crippen molar-refractivity contribution in [3.63, 3.8) is 0 Å². The molecule has 1 aliphatic rings. The van der Waals surface area contributed by atoms with Crippen LogP contribution >= 0.6 is 35.0 Å². The minimum Gasteiger partial charge on any atom is -0.318 e. The van der Waals surface area contributed by atoms with E-state index in [0.29, 0.717) is 18.0 Å². The van der Waals surface area contributed by atoms with E-state index in [1.165, 1.54) is 0 Å². The van der Waals surface area contributed by atoms with Crippen LogP contribution < -0.4 is 5.32 Å². The maximum absolute atomic E-state index is 12.6. The van der Waals surface area contributed by atoms with Crippen LogP contribution in [0.2, 0.25) is 0 Å². The number of halogens is 2. The number of nitrogens with one attached hydrogen (secondary N) is 1. The van der Waals surface area contributed by atoms with Crippen LogP contribution in [0.15, 0.2) is 29.2 Å². The summed E-state index contributed by atoms with van der Waals surface area (Å²) in [4.78, 5) is 0.400. The van der Waals surface area contributed by atoms with Gasteiger partial charge in [0.1, 0.15) is 0 Å². The van der Waals surface area contributed by atoms with Crippen LogP contribution in [0.1, 0.15) is 12.8 Å². The molecule has 1 saturated heterocycles. The lowest BCUT2D eigenvalue weighted by atomic mass is 10.2. The molecule has 1 heterocycles. The van der Waals surface area contributed by atoms with Gasteiger partial charge in [0.15, 0.2) is 0 Å². The third-order valence-corrected chi connectivity index (χ3v) is 5.78. The minimum absolute atomic E-state index is 0. The van der Waals surface area contributed by atoms with Crippen molar-refractivity contribution in [1.29, 1.82) is 0 Å². The van der Waals surface area contributed by atoms with Crippen LogP contribution in [0.4, 0.5) is 0 Å². The molecular weight excluding hydrogens is 399 g/mol. The van der Waals surface area contributed by atoms with Gasteiger partial charge in [-0.15, -0.1) is 12.4 Å². The molecular formula is C12H18ClIN2O2S. The van der Waals surface area contributed by atoms with Crippen molar-refractivity contribution in [1.82, 2.24) is 9.62 Å². The van der Waals surface area contributed by atoms with Crippen molar-refractivity contribution in [2.24, 2.45) is 0 Å². The van der Waals surface area contributed by atoms with Crippen molar-refractivity contribution in [2.45, 2.75) is 23.8 Å². The molecule has 0 aromatic heterocycles. The molecule has 1 atom stereocenters. The number of hydrogen-bond acceptors (Lipinski definition) is 3. The molecule has 1 N–H and O–H groups in total. The third kappa shape index (κ3) is 3.81. The van der Waals surface area contributed by atoms with Crippen molar-refractivity contribution < 1.29 is 8.42 Å². The molecule has 0 bridgehead atoms. The summed E-state index contributed by atoms with van der Waals surface area (Å²) >= 11 is 2.14. The van der Waals surface area contributed by atoms with E-state index in [2.05, 4.69) is 27.9 Å². The SMILES string of the molecule is CNCC1CCCN1S(=O)(=O)c1cccc(I)c1.Cl. The maximum Gasteiger partial charge on any atom is 0.243 e. The molecule has 0 saturated carbocycles. The average molecular weight is 417 g/mol. The quantitative estimate of drug-likeness (QED) is 0.765. The summed E-state index contributed by atoms with van der Waals surface area (Å²) in [7, 11) is -1.49. The lowest BCUT2D eigenvalue weighted by molar-refractivity contribution is 0.379. The largest absolute Gasteiger partial charge is 0.318 e. The fourth-order valence-corrected chi connectivity index (χ4v) is 4.82. The second kappa shape index (κ2) is 7.21. The Balaban J connectivity index is 0.00000180.